The second kappa shape index (κ2) is 7.31. The van der Waals surface area contributed by atoms with Gasteiger partial charge in [-0.25, -0.2) is 4.98 Å². The zero-order valence-electron chi connectivity index (χ0n) is 13.4. The van der Waals surface area contributed by atoms with E-state index in [1.165, 1.54) is 25.7 Å². The standard InChI is InChI=1S/C16H27N5S/c1-13-3-2-4-14(11-13)12-19-15(17)20-6-8-21(9-7-20)16-18-5-10-22-16/h5,10,13-14H,2-4,6-9,11-12H2,1H3,(H2,17,19). The van der Waals surface area contributed by atoms with Crippen molar-refractivity contribution in [2.45, 2.75) is 32.6 Å². The van der Waals surface area contributed by atoms with Crippen molar-refractivity contribution in [1.82, 2.24) is 9.88 Å². The smallest absolute Gasteiger partial charge is 0.191 e. The van der Waals surface area contributed by atoms with Gasteiger partial charge in [0.25, 0.3) is 0 Å². The Morgan fingerprint density at radius 3 is 2.86 bits per heavy atom. The molecule has 2 fully saturated rings. The van der Waals surface area contributed by atoms with Crippen molar-refractivity contribution in [1.29, 1.82) is 0 Å². The Kier molecular flexibility index (Phi) is 5.18. The Morgan fingerprint density at radius 2 is 2.18 bits per heavy atom. The zero-order valence-corrected chi connectivity index (χ0v) is 14.3. The number of hydrogen-bond donors (Lipinski definition) is 1. The third-order valence-electron chi connectivity index (χ3n) is 4.85. The van der Waals surface area contributed by atoms with Gasteiger partial charge < -0.3 is 15.5 Å². The first-order valence-corrected chi connectivity index (χ1v) is 9.29. The Balaban J connectivity index is 1.47. The number of nitrogens with two attached hydrogens (primary N) is 1. The summed E-state index contributed by atoms with van der Waals surface area (Å²) in [5.41, 5.74) is 6.21. The lowest BCUT2D eigenvalue weighted by Gasteiger charge is -2.35. The fraction of sp³-hybridized carbons (Fsp3) is 0.750. The van der Waals surface area contributed by atoms with Crippen molar-refractivity contribution >= 4 is 22.4 Å². The van der Waals surface area contributed by atoms with Crippen LogP contribution in [0.15, 0.2) is 16.6 Å². The maximum atomic E-state index is 6.21. The maximum Gasteiger partial charge on any atom is 0.191 e. The van der Waals surface area contributed by atoms with Crippen LogP contribution in [-0.2, 0) is 0 Å². The minimum Gasteiger partial charge on any atom is -0.370 e. The van der Waals surface area contributed by atoms with E-state index in [9.17, 15) is 0 Å². The fourth-order valence-electron chi connectivity index (χ4n) is 3.55. The number of piperazine rings is 1. The van der Waals surface area contributed by atoms with Gasteiger partial charge in [0.05, 0.1) is 0 Å². The van der Waals surface area contributed by atoms with Crippen molar-refractivity contribution in [3.05, 3.63) is 11.6 Å². The van der Waals surface area contributed by atoms with Gasteiger partial charge in [-0.3, -0.25) is 4.99 Å². The maximum absolute atomic E-state index is 6.21. The summed E-state index contributed by atoms with van der Waals surface area (Å²) in [6.45, 7) is 7.10. The van der Waals surface area contributed by atoms with Crippen molar-refractivity contribution in [3.63, 3.8) is 0 Å². The molecule has 1 aliphatic carbocycles. The molecule has 122 valence electrons. The van der Waals surface area contributed by atoms with E-state index < -0.39 is 0 Å². The summed E-state index contributed by atoms with van der Waals surface area (Å²) in [5.74, 6) is 2.33. The number of aliphatic imine (C=N–C) groups is 1. The molecule has 0 aromatic carbocycles. The monoisotopic (exact) mass is 321 g/mol. The quantitative estimate of drug-likeness (QED) is 0.686. The summed E-state index contributed by atoms with van der Waals surface area (Å²) in [4.78, 5) is 13.6. The number of guanidine groups is 1. The van der Waals surface area contributed by atoms with E-state index in [1.54, 1.807) is 11.3 Å². The fourth-order valence-corrected chi connectivity index (χ4v) is 4.24. The van der Waals surface area contributed by atoms with E-state index in [-0.39, 0.29) is 0 Å². The van der Waals surface area contributed by atoms with E-state index in [0.29, 0.717) is 0 Å². The highest BCUT2D eigenvalue weighted by Gasteiger charge is 2.21. The Morgan fingerprint density at radius 1 is 1.36 bits per heavy atom. The van der Waals surface area contributed by atoms with E-state index >= 15 is 0 Å². The summed E-state index contributed by atoms with van der Waals surface area (Å²) in [5, 5.41) is 3.15. The number of rotatable bonds is 3. The molecule has 2 aliphatic rings. The van der Waals surface area contributed by atoms with E-state index in [0.717, 1.165) is 55.7 Å². The Bertz CT molecular complexity index is 479. The molecule has 5 nitrogen and oxygen atoms in total. The number of nitrogens with zero attached hydrogens (tertiary/aromatic N) is 4. The molecule has 2 N–H and O–H groups in total. The second-order valence-electron chi connectivity index (χ2n) is 6.63. The number of anilines is 1. The molecular formula is C16H27N5S. The molecule has 2 atom stereocenters. The first kappa shape index (κ1) is 15.6. The lowest BCUT2D eigenvalue weighted by Crippen LogP contribution is -2.51. The van der Waals surface area contributed by atoms with Gasteiger partial charge in [-0.15, -0.1) is 11.3 Å². The largest absolute Gasteiger partial charge is 0.370 e. The van der Waals surface area contributed by atoms with E-state index in [4.69, 9.17) is 5.73 Å². The van der Waals surface area contributed by atoms with Crippen LogP contribution in [0.4, 0.5) is 5.13 Å². The predicted octanol–water partition coefficient (Wildman–Crippen LogP) is 2.41. The molecular weight excluding hydrogens is 294 g/mol. The number of aromatic nitrogens is 1. The first-order valence-electron chi connectivity index (χ1n) is 8.41. The molecule has 0 amide bonds. The van der Waals surface area contributed by atoms with E-state index in [1.807, 2.05) is 11.6 Å². The normalized spacial score (nSPS) is 27.2. The molecule has 1 aromatic rings. The van der Waals surface area contributed by atoms with Gasteiger partial charge >= 0.3 is 0 Å². The summed E-state index contributed by atoms with van der Waals surface area (Å²) in [6.07, 6.45) is 7.24. The van der Waals surface area contributed by atoms with Crippen molar-refractivity contribution in [3.8, 4) is 0 Å². The molecule has 6 heteroatoms. The SMILES string of the molecule is CC1CCCC(CN=C(N)N2CCN(c3nccs3)CC2)C1. The molecule has 2 unspecified atom stereocenters. The average Bonchev–Trinajstić information content (AvgIpc) is 3.07. The molecule has 3 rings (SSSR count). The molecule has 22 heavy (non-hydrogen) atoms. The van der Waals surface area contributed by atoms with Crippen LogP contribution in [0.5, 0.6) is 0 Å². The predicted molar refractivity (Wildman–Crippen MR) is 93.5 cm³/mol. The van der Waals surface area contributed by atoms with Gasteiger partial charge in [-0.1, -0.05) is 19.8 Å². The second-order valence-corrected chi connectivity index (χ2v) is 7.50. The van der Waals surface area contributed by atoms with Crippen molar-refractivity contribution in [2.75, 3.05) is 37.6 Å². The molecule has 1 saturated heterocycles. The van der Waals surface area contributed by atoms with Gasteiger partial charge in [0.2, 0.25) is 0 Å². The first-order chi connectivity index (χ1) is 10.7. The van der Waals surface area contributed by atoms with Crippen LogP contribution in [0.2, 0.25) is 0 Å². The van der Waals surface area contributed by atoms with Crippen LogP contribution < -0.4 is 10.6 Å². The number of thiazole rings is 1. The lowest BCUT2D eigenvalue weighted by molar-refractivity contribution is 0.287. The van der Waals surface area contributed by atoms with Crippen LogP contribution in [-0.4, -0.2) is 48.6 Å². The number of hydrogen-bond acceptors (Lipinski definition) is 4. The molecule has 2 heterocycles. The molecule has 0 bridgehead atoms. The zero-order chi connectivity index (χ0) is 15.4. The van der Waals surface area contributed by atoms with E-state index in [2.05, 4.69) is 26.7 Å². The summed E-state index contributed by atoms with van der Waals surface area (Å²) >= 11 is 1.70. The van der Waals surface area contributed by atoms with Gasteiger partial charge in [0.1, 0.15) is 0 Å². The van der Waals surface area contributed by atoms with Crippen LogP contribution in [0, 0.1) is 11.8 Å². The van der Waals surface area contributed by atoms with Gasteiger partial charge in [0, 0.05) is 44.3 Å². The average molecular weight is 321 g/mol. The molecule has 0 radical (unpaired) electrons. The lowest BCUT2D eigenvalue weighted by atomic mass is 9.82. The molecule has 1 aliphatic heterocycles. The van der Waals surface area contributed by atoms with Crippen LogP contribution in [0.3, 0.4) is 0 Å². The minimum absolute atomic E-state index is 0.733. The third-order valence-corrected chi connectivity index (χ3v) is 5.68. The van der Waals surface area contributed by atoms with Crippen LogP contribution >= 0.6 is 11.3 Å². The summed E-state index contributed by atoms with van der Waals surface area (Å²) < 4.78 is 0. The van der Waals surface area contributed by atoms with Crippen molar-refractivity contribution < 1.29 is 0 Å². The highest BCUT2D eigenvalue weighted by atomic mass is 32.1. The Labute approximate surface area is 137 Å². The highest BCUT2D eigenvalue weighted by molar-refractivity contribution is 7.13. The Hall–Kier alpha value is -1.30. The van der Waals surface area contributed by atoms with Gasteiger partial charge in [-0.05, 0) is 24.7 Å². The van der Waals surface area contributed by atoms with Crippen molar-refractivity contribution in [2.24, 2.45) is 22.6 Å². The minimum atomic E-state index is 0.733. The summed E-state index contributed by atoms with van der Waals surface area (Å²) in [6, 6.07) is 0. The van der Waals surface area contributed by atoms with Gasteiger partial charge in [0.15, 0.2) is 11.1 Å². The summed E-state index contributed by atoms with van der Waals surface area (Å²) in [7, 11) is 0. The highest BCUT2D eigenvalue weighted by Crippen LogP contribution is 2.28. The van der Waals surface area contributed by atoms with Crippen LogP contribution in [0.1, 0.15) is 32.6 Å². The molecule has 0 spiro atoms. The third kappa shape index (κ3) is 3.91. The van der Waals surface area contributed by atoms with Gasteiger partial charge in [-0.2, -0.15) is 0 Å². The topological polar surface area (TPSA) is 57.8 Å². The molecule has 1 saturated carbocycles. The van der Waals surface area contributed by atoms with Crippen LogP contribution in [0.25, 0.3) is 0 Å². The molecule has 1 aromatic heterocycles.